The number of hydrogen-bond acceptors (Lipinski definition) is 11. The first kappa shape index (κ1) is 65.9. The molecule has 0 aromatic heterocycles. The SMILES string of the molecule is CC/C=C\C/C=C\C/C=C\C/C=C\C/C=C\C/C=C\CCC(=O)OCC(COC1OC(C(=O)O)C(O)C(O)C1OC(=O)CCCCCCCCCCC)OC(=O)C/C=C\C/C=C\C/C=C\C/C=C\C/C=C\CC. The highest BCUT2D eigenvalue weighted by atomic mass is 16.7. The van der Waals surface area contributed by atoms with E-state index >= 15 is 0 Å². The molecule has 0 aliphatic carbocycles. The summed E-state index contributed by atoms with van der Waals surface area (Å²) in [6, 6.07) is 0. The number of esters is 3. The van der Waals surface area contributed by atoms with Gasteiger partial charge in [0.1, 0.15) is 18.8 Å². The summed E-state index contributed by atoms with van der Waals surface area (Å²) in [5.74, 6) is -3.43. The Kier molecular flexibility index (Phi) is 43.2. The van der Waals surface area contributed by atoms with Gasteiger partial charge in [-0.1, -0.05) is 206 Å². The third kappa shape index (κ3) is 38.2. The predicted molar refractivity (Wildman–Crippen MR) is 293 cm³/mol. The van der Waals surface area contributed by atoms with Crippen molar-refractivity contribution in [2.45, 2.75) is 212 Å². The van der Waals surface area contributed by atoms with Crippen LogP contribution in [0.2, 0.25) is 0 Å². The van der Waals surface area contributed by atoms with E-state index in [2.05, 4.69) is 118 Å². The summed E-state index contributed by atoms with van der Waals surface area (Å²) in [4.78, 5) is 50.8. The highest BCUT2D eigenvalue weighted by molar-refractivity contribution is 5.74. The molecule has 12 heteroatoms. The van der Waals surface area contributed by atoms with Gasteiger partial charge in [0.25, 0.3) is 0 Å². The van der Waals surface area contributed by atoms with Crippen LogP contribution in [0.4, 0.5) is 0 Å². The van der Waals surface area contributed by atoms with Crippen molar-refractivity contribution in [2.24, 2.45) is 0 Å². The Bertz CT molecular complexity index is 1780. The van der Waals surface area contributed by atoms with Crippen LogP contribution in [0.1, 0.15) is 175 Å². The van der Waals surface area contributed by atoms with Gasteiger partial charge in [0.2, 0.25) is 0 Å². The average molecular weight is 1020 g/mol. The molecule has 1 fully saturated rings. The number of carbonyl (C=O) groups is 4. The van der Waals surface area contributed by atoms with E-state index in [0.29, 0.717) is 25.7 Å². The fraction of sp³-hybridized carbons (Fsp3) is 0.574. The zero-order valence-corrected chi connectivity index (χ0v) is 44.6. The van der Waals surface area contributed by atoms with E-state index in [-0.39, 0.29) is 19.3 Å². The molecule has 1 aliphatic rings. The second-order valence-corrected chi connectivity index (χ2v) is 17.8. The first-order valence-corrected chi connectivity index (χ1v) is 27.2. The quantitative estimate of drug-likeness (QED) is 0.0228. The van der Waals surface area contributed by atoms with Gasteiger partial charge in [0.15, 0.2) is 24.6 Å². The summed E-state index contributed by atoms with van der Waals surface area (Å²) in [6.45, 7) is 5.54. The summed E-state index contributed by atoms with van der Waals surface area (Å²) < 4.78 is 28.1. The molecule has 6 unspecified atom stereocenters. The summed E-state index contributed by atoms with van der Waals surface area (Å²) >= 11 is 0. The number of aliphatic hydroxyl groups is 2. The van der Waals surface area contributed by atoms with Crippen LogP contribution >= 0.6 is 0 Å². The van der Waals surface area contributed by atoms with Crippen LogP contribution in [0.25, 0.3) is 0 Å². The van der Waals surface area contributed by atoms with E-state index in [1.165, 1.54) is 25.7 Å². The predicted octanol–water partition coefficient (Wildman–Crippen LogP) is 13.4. The molecule has 0 saturated carbocycles. The molecular weight excluding hydrogens is 925 g/mol. The Labute approximate surface area is 439 Å². The monoisotopic (exact) mass is 1020 g/mol. The first-order chi connectivity index (χ1) is 35.6. The third-order valence-electron chi connectivity index (χ3n) is 11.3. The van der Waals surface area contributed by atoms with Crippen LogP contribution in [-0.4, -0.2) is 89.2 Å². The number of ether oxygens (including phenoxy) is 5. The van der Waals surface area contributed by atoms with E-state index in [0.717, 1.165) is 83.5 Å². The normalized spacial score (nSPS) is 19.4. The third-order valence-corrected chi connectivity index (χ3v) is 11.3. The smallest absolute Gasteiger partial charge is 0.335 e. The van der Waals surface area contributed by atoms with Crippen LogP contribution in [-0.2, 0) is 42.9 Å². The number of rotatable bonds is 43. The molecule has 0 amide bonds. The number of aliphatic hydroxyl groups excluding tert-OH is 2. The standard InChI is InChI=1S/C61H92O12/c1-4-7-10-13-16-19-21-23-25-26-27-28-30-31-33-36-38-41-44-47-53(62)69-50-52(71-54(63)48-45-42-40-37-34-32-29-24-22-20-17-14-11-8-5-2)51-70-61-59(57(66)56(65)58(73-61)60(67)68)72-55(64)49-46-43-39-35-18-15-12-9-6-3/h7-8,10-11,16-17,19-20,23-25,27-29,31,33-34,37-38,41-42,45,52,56-59,61,65-66H,4-6,9,12-15,18,21-22,26,30,32,35-36,39-40,43-44,46-51H2,1-3H3,(H,67,68)/b10-7-,11-8-,19-16-,20-17-,25-23-,28-27-,29-24-,33-31-,37-34-,41-38-,45-42-. The first-order valence-electron chi connectivity index (χ1n) is 27.2. The molecule has 6 atom stereocenters. The zero-order valence-electron chi connectivity index (χ0n) is 44.6. The Hall–Kier alpha value is -5.14. The van der Waals surface area contributed by atoms with Crippen molar-refractivity contribution in [1.82, 2.24) is 0 Å². The number of carboxylic acid groups (broad SMARTS) is 1. The minimum absolute atomic E-state index is 0.0365. The fourth-order valence-electron chi connectivity index (χ4n) is 7.17. The molecule has 0 radical (unpaired) electrons. The molecule has 1 aliphatic heterocycles. The van der Waals surface area contributed by atoms with Gasteiger partial charge in [-0.2, -0.15) is 0 Å². The van der Waals surface area contributed by atoms with Gasteiger partial charge in [-0.3, -0.25) is 14.4 Å². The minimum Gasteiger partial charge on any atom is -0.479 e. The lowest BCUT2D eigenvalue weighted by Gasteiger charge is -2.40. The topological polar surface area (TPSA) is 175 Å². The van der Waals surface area contributed by atoms with Crippen molar-refractivity contribution >= 4 is 23.9 Å². The largest absolute Gasteiger partial charge is 0.479 e. The molecule has 1 rings (SSSR count). The van der Waals surface area contributed by atoms with Crippen LogP contribution in [0.3, 0.4) is 0 Å². The molecule has 3 N–H and O–H groups in total. The number of unbranched alkanes of at least 4 members (excludes halogenated alkanes) is 8. The van der Waals surface area contributed by atoms with E-state index in [4.69, 9.17) is 23.7 Å². The van der Waals surface area contributed by atoms with Crippen molar-refractivity contribution in [3.05, 3.63) is 134 Å². The summed E-state index contributed by atoms with van der Waals surface area (Å²) in [5, 5.41) is 31.3. The number of carboxylic acids is 1. The van der Waals surface area contributed by atoms with Gasteiger partial charge >= 0.3 is 23.9 Å². The van der Waals surface area contributed by atoms with E-state index in [1.54, 1.807) is 6.08 Å². The number of carbonyl (C=O) groups excluding carboxylic acids is 3. The Balaban J connectivity index is 2.82. The summed E-state index contributed by atoms with van der Waals surface area (Å²) in [5.41, 5.74) is 0. The molecule has 1 saturated heterocycles. The van der Waals surface area contributed by atoms with E-state index in [9.17, 15) is 34.5 Å². The molecule has 0 aromatic rings. The summed E-state index contributed by atoms with van der Waals surface area (Å²) in [7, 11) is 0. The van der Waals surface area contributed by atoms with Crippen LogP contribution in [0.5, 0.6) is 0 Å². The fourth-order valence-corrected chi connectivity index (χ4v) is 7.17. The Morgan fingerprint density at radius 2 is 0.904 bits per heavy atom. The lowest BCUT2D eigenvalue weighted by molar-refractivity contribution is -0.301. The lowest BCUT2D eigenvalue weighted by Crippen LogP contribution is -2.61. The van der Waals surface area contributed by atoms with E-state index < -0.39 is 73.9 Å². The highest BCUT2D eigenvalue weighted by Gasteiger charge is 2.50. The highest BCUT2D eigenvalue weighted by Crippen LogP contribution is 2.26. The van der Waals surface area contributed by atoms with Gasteiger partial charge in [0.05, 0.1) is 13.0 Å². The molecule has 0 spiro atoms. The molecule has 1 heterocycles. The Morgan fingerprint density at radius 3 is 1.36 bits per heavy atom. The van der Waals surface area contributed by atoms with Gasteiger partial charge in [-0.15, -0.1) is 0 Å². The van der Waals surface area contributed by atoms with Crippen molar-refractivity contribution in [1.29, 1.82) is 0 Å². The van der Waals surface area contributed by atoms with Gasteiger partial charge < -0.3 is 39.0 Å². The molecule has 408 valence electrons. The van der Waals surface area contributed by atoms with Crippen LogP contribution < -0.4 is 0 Å². The van der Waals surface area contributed by atoms with Crippen molar-refractivity contribution in [3.63, 3.8) is 0 Å². The van der Waals surface area contributed by atoms with Crippen LogP contribution in [0, 0.1) is 0 Å². The molecular formula is C61H92O12. The van der Waals surface area contributed by atoms with Gasteiger partial charge in [-0.25, -0.2) is 4.79 Å². The van der Waals surface area contributed by atoms with Gasteiger partial charge in [0, 0.05) is 12.8 Å². The van der Waals surface area contributed by atoms with Crippen molar-refractivity contribution in [3.8, 4) is 0 Å². The molecule has 0 bridgehead atoms. The van der Waals surface area contributed by atoms with Crippen molar-refractivity contribution in [2.75, 3.05) is 13.2 Å². The average Bonchev–Trinajstić information content (AvgIpc) is 3.37. The molecule has 73 heavy (non-hydrogen) atoms. The van der Waals surface area contributed by atoms with Crippen LogP contribution in [0.15, 0.2) is 134 Å². The Morgan fingerprint density at radius 1 is 0.479 bits per heavy atom. The van der Waals surface area contributed by atoms with Gasteiger partial charge in [-0.05, 0) is 83.5 Å². The second-order valence-electron chi connectivity index (χ2n) is 17.8. The lowest BCUT2D eigenvalue weighted by atomic mass is 9.98. The maximum Gasteiger partial charge on any atom is 0.335 e. The number of hydrogen-bond donors (Lipinski definition) is 3. The maximum atomic E-state index is 13.0. The zero-order chi connectivity index (χ0) is 53.3. The second kappa shape index (κ2) is 47.8. The molecule has 0 aromatic carbocycles. The molecule has 12 nitrogen and oxygen atoms in total. The maximum absolute atomic E-state index is 13.0. The minimum atomic E-state index is -1.93. The number of allylic oxidation sites excluding steroid dienone is 21. The number of aliphatic carboxylic acids is 1. The van der Waals surface area contributed by atoms with E-state index in [1.807, 2.05) is 30.4 Å². The summed E-state index contributed by atoms with van der Waals surface area (Å²) in [6.07, 6.45) is 54.9. The van der Waals surface area contributed by atoms with Crippen molar-refractivity contribution < 1.29 is 58.2 Å².